The molecule has 1 aliphatic rings. The Labute approximate surface area is 193 Å². The molecule has 4 aromatic rings. The lowest BCUT2D eigenvalue weighted by molar-refractivity contribution is -0.131. The molecule has 2 aromatic carbocycles. The molecule has 5 rings (SSSR count). The number of pyridine rings is 1. The number of benzene rings is 2. The Kier molecular flexibility index (Phi) is 5.86. The fourth-order valence-corrected chi connectivity index (χ4v) is 4.34. The van der Waals surface area contributed by atoms with Crippen LogP contribution in [0.2, 0.25) is 0 Å². The van der Waals surface area contributed by atoms with Gasteiger partial charge in [-0.25, -0.2) is 4.98 Å². The van der Waals surface area contributed by atoms with Crippen LogP contribution in [0, 0.1) is 0 Å². The normalized spacial score (nSPS) is 14.6. The van der Waals surface area contributed by atoms with Gasteiger partial charge in [-0.2, -0.15) is 0 Å². The van der Waals surface area contributed by atoms with E-state index in [1.54, 1.807) is 30.3 Å². The highest BCUT2D eigenvalue weighted by molar-refractivity contribution is 7.98. The van der Waals surface area contributed by atoms with Gasteiger partial charge in [0, 0.05) is 23.0 Å². The first-order valence-electron chi connectivity index (χ1n) is 10.3. The van der Waals surface area contributed by atoms with Crippen molar-refractivity contribution in [1.82, 2.24) is 20.2 Å². The summed E-state index contributed by atoms with van der Waals surface area (Å²) in [4.78, 5) is 30.6. The number of hydrogen-bond donors (Lipinski definition) is 2. The Morgan fingerprint density at radius 1 is 1.00 bits per heavy atom. The molecule has 3 heterocycles. The topological polar surface area (TPSA) is 94.0 Å². The smallest absolute Gasteiger partial charge is 0.283 e. The molecule has 1 aliphatic heterocycles. The molecule has 2 N–H and O–H groups in total. The van der Waals surface area contributed by atoms with Crippen molar-refractivity contribution in [2.75, 3.05) is 6.61 Å². The van der Waals surface area contributed by atoms with E-state index >= 15 is 0 Å². The van der Waals surface area contributed by atoms with Crippen molar-refractivity contribution < 1.29 is 19.1 Å². The van der Waals surface area contributed by atoms with Crippen LogP contribution in [0.4, 0.5) is 0 Å². The molecule has 0 spiro atoms. The number of ether oxygens (including phenoxy) is 2. The van der Waals surface area contributed by atoms with Gasteiger partial charge in [0.15, 0.2) is 11.5 Å². The first-order valence-corrected chi connectivity index (χ1v) is 11.3. The van der Waals surface area contributed by atoms with Crippen LogP contribution in [0.25, 0.3) is 5.65 Å². The molecule has 0 saturated heterocycles. The third-order valence-corrected chi connectivity index (χ3v) is 6.13. The Hall–Kier alpha value is -3.98. The van der Waals surface area contributed by atoms with Crippen molar-refractivity contribution in [2.24, 2.45) is 0 Å². The van der Waals surface area contributed by atoms with E-state index in [1.807, 2.05) is 53.2 Å². The van der Waals surface area contributed by atoms with Crippen LogP contribution in [0.15, 0.2) is 84.0 Å². The van der Waals surface area contributed by atoms with Crippen molar-refractivity contribution in [3.8, 4) is 11.5 Å². The molecule has 0 fully saturated rings. The van der Waals surface area contributed by atoms with E-state index < -0.39 is 17.9 Å². The molecule has 0 saturated carbocycles. The summed E-state index contributed by atoms with van der Waals surface area (Å²) in [5.41, 5.74) is 7.14. The van der Waals surface area contributed by atoms with Crippen LogP contribution in [-0.4, -0.2) is 33.9 Å². The van der Waals surface area contributed by atoms with E-state index in [0.717, 1.165) is 16.2 Å². The number of hydrazine groups is 1. The molecule has 1 atom stereocenters. The molecule has 1 unspecified atom stereocenters. The molecule has 33 heavy (non-hydrogen) atoms. The van der Waals surface area contributed by atoms with E-state index in [-0.39, 0.29) is 6.61 Å². The molecule has 0 bridgehead atoms. The summed E-state index contributed by atoms with van der Waals surface area (Å²) in [6.07, 6.45) is 3.05. The maximum Gasteiger partial charge on any atom is 0.283 e. The quantitative estimate of drug-likeness (QED) is 0.351. The van der Waals surface area contributed by atoms with E-state index in [1.165, 1.54) is 11.8 Å². The highest BCUT2D eigenvalue weighted by atomic mass is 32.2. The summed E-state index contributed by atoms with van der Waals surface area (Å²) in [5, 5.41) is 0. The second-order valence-corrected chi connectivity index (χ2v) is 8.31. The van der Waals surface area contributed by atoms with Crippen LogP contribution in [0.1, 0.15) is 16.1 Å². The van der Waals surface area contributed by atoms with E-state index in [9.17, 15) is 9.59 Å². The molecular weight excluding hydrogens is 440 g/mol. The molecule has 0 aliphatic carbocycles. The zero-order chi connectivity index (χ0) is 22.6. The molecule has 8 nitrogen and oxygen atoms in total. The van der Waals surface area contributed by atoms with Gasteiger partial charge in [-0.3, -0.25) is 20.4 Å². The second kappa shape index (κ2) is 9.25. The van der Waals surface area contributed by atoms with Crippen LogP contribution in [0.5, 0.6) is 11.5 Å². The third kappa shape index (κ3) is 4.63. The zero-order valence-corrected chi connectivity index (χ0v) is 18.2. The third-order valence-electron chi connectivity index (χ3n) is 5.02. The van der Waals surface area contributed by atoms with Crippen molar-refractivity contribution >= 4 is 29.2 Å². The fourth-order valence-electron chi connectivity index (χ4n) is 3.40. The van der Waals surface area contributed by atoms with Gasteiger partial charge in [-0.1, -0.05) is 30.3 Å². The number of aromatic nitrogens is 2. The Bertz CT molecular complexity index is 1290. The average Bonchev–Trinajstić information content (AvgIpc) is 3.29. The maximum atomic E-state index is 12.8. The van der Waals surface area contributed by atoms with Gasteiger partial charge in [0.25, 0.3) is 11.8 Å². The molecule has 2 amide bonds. The second-order valence-electron chi connectivity index (χ2n) is 7.29. The number of para-hydroxylation sites is 2. The molecule has 9 heteroatoms. The highest BCUT2D eigenvalue weighted by Crippen LogP contribution is 2.31. The molecule has 0 radical (unpaired) electrons. The minimum Gasteiger partial charge on any atom is -0.485 e. The van der Waals surface area contributed by atoms with E-state index in [0.29, 0.717) is 22.8 Å². The summed E-state index contributed by atoms with van der Waals surface area (Å²) in [6.45, 7) is 0.0597. The predicted molar refractivity (Wildman–Crippen MR) is 123 cm³/mol. The summed E-state index contributed by atoms with van der Waals surface area (Å²) < 4.78 is 13.2. The summed E-state index contributed by atoms with van der Waals surface area (Å²) >= 11 is 1.50. The van der Waals surface area contributed by atoms with Gasteiger partial charge in [0.05, 0.1) is 11.3 Å². The Morgan fingerprint density at radius 3 is 2.67 bits per heavy atom. The van der Waals surface area contributed by atoms with E-state index in [4.69, 9.17) is 9.47 Å². The first kappa shape index (κ1) is 20.9. The van der Waals surface area contributed by atoms with Crippen molar-refractivity contribution in [3.05, 3.63) is 90.4 Å². The summed E-state index contributed by atoms with van der Waals surface area (Å²) in [5.74, 6) is 0.766. The summed E-state index contributed by atoms with van der Waals surface area (Å²) in [6, 6.07) is 20.2. The van der Waals surface area contributed by atoms with Gasteiger partial charge in [0.1, 0.15) is 12.3 Å². The number of rotatable bonds is 5. The number of nitrogens with zero attached hydrogens (tertiary/aromatic N) is 2. The van der Waals surface area contributed by atoms with Gasteiger partial charge < -0.3 is 13.9 Å². The summed E-state index contributed by atoms with van der Waals surface area (Å²) in [7, 11) is 0. The van der Waals surface area contributed by atoms with E-state index in [2.05, 4.69) is 15.8 Å². The number of fused-ring (bicyclic) bond motifs is 2. The van der Waals surface area contributed by atoms with Gasteiger partial charge in [-0.05, 0) is 36.4 Å². The van der Waals surface area contributed by atoms with Crippen LogP contribution in [-0.2, 0) is 10.5 Å². The average molecular weight is 461 g/mol. The van der Waals surface area contributed by atoms with Crippen LogP contribution < -0.4 is 20.3 Å². The molecule has 2 aromatic heterocycles. The van der Waals surface area contributed by atoms with Gasteiger partial charge >= 0.3 is 0 Å². The van der Waals surface area contributed by atoms with Crippen LogP contribution in [0.3, 0.4) is 0 Å². The number of nitrogens with one attached hydrogen (secondary N) is 2. The maximum absolute atomic E-state index is 12.8. The van der Waals surface area contributed by atoms with Crippen molar-refractivity contribution in [3.63, 3.8) is 0 Å². The predicted octanol–water partition coefficient (Wildman–Crippen LogP) is 3.23. The lowest BCUT2D eigenvalue weighted by Crippen LogP contribution is -2.50. The minimum absolute atomic E-state index is 0.0597. The molecule has 166 valence electrons. The number of imidazole rings is 1. The number of carbonyl (C=O) groups excluding carboxylic acids is 2. The SMILES string of the molecule is O=C(NNC(=O)C1COc2ccccc2O1)c1ccccc1SCc1cn2ccccc2n1. The van der Waals surface area contributed by atoms with Crippen LogP contribution >= 0.6 is 11.8 Å². The van der Waals surface area contributed by atoms with Gasteiger partial charge in [0.2, 0.25) is 6.10 Å². The Morgan fingerprint density at radius 2 is 1.79 bits per heavy atom. The lowest BCUT2D eigenvalue weighted by Gasteiger charge is -2.25. The highest BCUT2D eigenvalue weighted by Gasteiger charge is 2.27. The lowest BCUT2D eigenvalue weighted by atomic mass is 10.2. The standard InChI is InChI=1S/C24H20N4O4S/c29-23(26-27-24(30)20-14-31-18-8-2-3-9-19(18)32-20)17-7-1-4-10-21(17)33-15-16-13-28-12-6-5-11-22(28)25-16/h1-13,20H,14-15H2,(H,26,29)(H,27,30). The monoisotopic (exact) mass is 460 g/mol. The zero-order valence-electron chi connectivity index (χ0n) is 17.4. The minimum atomic E-state index is -0.861. The van der Waals surface area contributed by atoms with Crippen molar-refractivity contribution in [2.45, 2.75) is 16.8 Å². The fraction of sp³-hybridized carbons (Fsp3) is 0.125. The first-order chi connectivity index (χ1) is 16.2. The van der Waals surface area contributed by atoms with Crippen molar-refractivity contribution in [1.29, 1.82) is 0 Å². The Balaban J connectivity index is 1.20. The number of thioether (sulfide) groups is 1. The number of carbonyl (C=O) groups is 2. The van der Waals surface area contributed by atoms with Gasteiger partial charge in [-0.15, -0.1) is 11.8 Å². The number of hydrogen-bond acceptors (Lipinski definition) is 6. The number of amides is 2. The largest absolute Gasteiger partial charge is 0.485 e. The molecular formula is C24H20N4O4S.